The number of amides is 1. The van der Waals surface area contributed by atoms with Gasteiger partial charge in [0.2, 0.25) is 5.91 Å². The van der Waals surface area contributed by atoms with Crippen LogP contribution in [-0.4, -0.2) is 15.7 Å². The summed E-state index contributed by atoms with van der Waals surface area (Å²) in [7, 11) is 0. The number of carbonyl (C=O) groups excluding carboxylic acids is 1. The van der Waals surface area contributed by atoms with E-state index in [9.17, 15) is 4.79 Å². The van der Waals surface area contributed by atoms with E-state index in [1.54, 1.807) is 10.9 Å². The number of hydrogen-bond acceptors (Lipinski definition) is 2. The second-order valence-electron chi connectivity index (χ2n) is 4.63. The summed E-state index contributed by atoms with van der Waals surface area (Å²) in [5.41, 5.74) is 3.22. The highest BCUT2D eigenvalue weighted by atomic mass is 16.1. The smallest absolute Gasteiger partial charge is 0.226 e. The predicted molar refractivity (Wildman–Crippen MR) is 76.0 cm³/mol. The Kier molecular flexibility index (Phi) is 4.34. The maximum atomic E-state index is 11.8. The molecule has 1 heterocycles. The van der Waals surface area contributed by atoms with Crippen LogP contribution in [0.15, 0.2) is 36.7 Å². The Morgan fingerprint density at radius 3 is 2.63 bits per heavy atom. The number of nitrogens with zero attached hydrogens (tertiary/aromatic N) is 2. The molecule has 100 valence electrons. The number of carbonyl (C=O) groups is 1. The van der Waals surface area contributed by atoms with Crippen molar-refractivity contribution in [2.75, 3.05) is 5.32 Å². The third-order valence-electron chi connectivity index (χ3n) is 2.98. The highest BCUT2D eigenvalue weighted by molar-refractivity contribution is 5.90. The molecule has 0 bridgehead atoms. The Labute approximate surface area is 113 Å². The molecule has 1 amide bonds. The van der Waals surface area contributed by atoms with Gasteiger partial charge in [-0.15, -0.1) is 0 Å². The zero-order chi connectivity index (χ0) is 13.7. The van der Waals surface area contributed by atoms with Gasteiger partial charge in [0.05, 0.1) is 6.20 Å². The molecular formula is C15H19N3O. The van der Waals surface area contributed by atoms with Crippen molar-refractivity contribution >= 4 is 11.6 Å². The third kappa shape index (κ3) is 3.95. The molecule has 0 atom stereocenters. The van der Waals surface area contributed by atoms with Gasteiger partial charge in [0.15, 0.2) is 0 Å². The van der Waals surface area contributed by atoms with Crippen LogP contribution in [0.5, 0.6) is 0 Å². The van der Waals surface area contributed by atoms with Crippen LogP contribution in [0.1, 0.15) is 24.5 Å². The fourth-order valence-corrected chi connectivity index (χ4v) is 1.85. The lowest BCUT2D eigenvalue weighted by molar-refractivity contribution is -0.116. The van der Waals surface area contributed by atoms with Crippen molar-refractivity contribution in [3.05, 3.63) is 47.8 Å². The fraction of sp³-hybridized carbons (Fsp3) is 0.333. The van der Waals surface area contributed by atoms with Gasteiger partial charge in [0.25, 0.3) is 0 Å². The van der Waals surface area contributed by atoms with Crippen LogP contribution < -0.4 is 5.32 Å². The van der Waals surface area contributed by atoms with Crippen LogP contribution >= 0.6 is 0 Å². The number of rotatable bonds is 5. The summed E-state index contributed by atoms with van der Waals surface area (Å²) in [6.45, 7) is 4.70. The maximum absolute atomic E-state index is 11.8. The Bertz CT molecular complexity index is 543. The molecule has 19 heavy (non-hydrogen) atoms. The number of anilines is 1. The average Bonchev–Trinajstić information content (AvgIpc) is 2.83. The maximum Gasteiger partial charge on any atom is 0.226 e. The molecule has 0 aliphatic carbocycles. The monoisotopic (exact) mass is 257 g/mol. The first-order valence-corrected chi connectivity index (χ1v) is 6.55. The largest absolute Gasteiger partial charge is 0.326 e. The Morgan fingerprint density at radius 1 is 1.32 bits per heavy atom. The molecule has 2 rings (SSSR count). The van der Waals surface area contributed by atoms with E-state index in [0.717, 1.165) is 17.7 Å². The van der Waals surface area contributed by atoms with Gasteiger partial charge in [0, 0.05) is 24.8 Å². The minimum Gasteiger partial charge on any atom is -0.326 e. The van der Waals surface area contributed by atoms with Crippen LogP contribution in [0, 0.1) is 6.92 Å². The van der Waals surface area contributed by atoms with Crippen molar-refractivity contribution in [2.24, 2.45) is 0 Å². The fourth-order valence-electron chi connectivity index (χ4n) is 1.85. The summed E-state index contributed by atoms with van der Waals surface area (Å²) >= 11 is 0. The van der Waals surface area contributed by atoms with Crippen molar-refractivity contribution in [3.63, 3.8) is 0 Å². The summed E-state index contributed by atoms with van der Waals surface area (Å²) in [6.07, 6.45) is 5.16. The summed E-state index contributed by atoms with van der Waals surface area (Å²) in [5.74, 6) is 0.0115. The van der Waals surface area contributed by atoms with E-state index in [2.05, 4.69) is 17.3 Å². The average molecular weight is 257 g/mol. The van der Waals surface area contributed by atoms with Crippen molar-refractivity contribution in [1.82, 2.24) is 9.78 Å². The molecule has 1 aromatic carbocycles. The molecule has 0 saturated heterocycles. The summed E-state index contributed by atoms with van der Waals surface area (Å²) in [4.78, 5) is 11.8. The SMILES string of the molecule is CCc1ccc(NC(=O)CCn2cc(C)cn2)cc1. The molecule has 0 saturated carbocycles. The third-order valence-corrected chi connectivity index (χ3v) is 2.98. The minimum atomic E-state index is 0.0115. The van der Waals surface area contributed by atoms with Crippen LogP contribution in [-0.2, 0) is 17.8 Å². The van der Waals surface area contributed by atoms with Gasteiger partial charge >= 0.3 is 0 Å². The molecule has 4 nitrogen and oxygen atoms in total. The van der Waals surface area contributed by atoms with E-state index >= 15 is 0 Å². The highest BCUT2D eigenvalue weighted by Crippen LogP contribution is 2.10. The zero-order valence-corrected chi connectivity index (χ0v) is 11.4. The lowest BCUT2D eigenvalue weighted by Crippen LogP contribution is -2.14. The van der Waals surface area contributed by atoms with Crippen molar-refractivity contribution in [3.8, 4) is 0 Å². The molecule has 0 unspecified atom stereocenters. The Hall–Kier alpha value is -2.10. The van der Waals surface area contributed by atoms with Gasteiger partial charge in [-0.3, -0.25) is 9.48 Å². The van der Waals surface area contributed by atoms with E-state index in [0.29, 0.717) is 13.0 Å². The molecule has 0 spiro atoms. The Balaban J connectivity index is 1.83. The number of benzene rings is 1. The minimum absolute atomic E-state index is 0.0115. The molecule has 0 radical (unpaired) electrons. The molecule has 0 aliphatic rings. The summed E-state index contributed by atoms with van der Waals surface area (Å²) in [6, 6.07) is 7.95. The summed E-state index contributed by atoms with van der Waals surface area (Å²) < 4.78 is 1.79. The topological polar surface area (TPSA) is 46.9 Å². The van der Waals surface area contributed by atoms with Crippen LogP contribution in [0.25, 0.3) is 0 Å². The van der Waals surface area contributed by atoms with Gasteiger partial charge in [0.1, 0.15) is 0 Å². The molecule has 0 fully saturated rings. The van der Waals surface area contributed by atoms with Crippen LogP contribution in [0.3, 0.4) is 0 Å². The van der Waals surface area contributed by atoms with E-state index in [4.69, 9.17) is 0 Å². The van der Waals surface area contributed by atoms with E-state index in [1.165, 1.54) is 5.56 Å². The second-order valence-corrected chi connectivity index (χ2v) is 4.63. The predicted octanol–water partition coefficient (Wildman–Crippen LogP) is 2.78. The molecule has 0 aliphatic heterocycles. The lowest BCUT2D eigenvalue weighted by atomic mass is 10.1. The highest BCUT2D eigenvalue weighted by Gasteiger charge is 2.03. The van der Waals surface area contributed by atoms with Gasteiger partial charge < -0.3 is 5.32 Å². The molecule has 4 heteroatoms. The summed E-state index contributed by atoms with van der Waals surface area (Å²) in [5, 5.41) is 7.04. The van der Waals surface area contributed by atoms with Crippen molar-refractivity contribution < 1.29 is 4.79 Å². The number of hydrogen-bond donors (Lipinski definition) is 1. The van der Waals surface area contributed by atoms with E-state index in [-0.39, 0.29) is 5.91 Å². The van der Waals surface area contributed by atoms with Gasteiger partial charge in [-0.05, 0) is 36.6 Å². The first-order chi connectivity index (χ1) is 9.17. The van der Waals surface area contributed by atoms with Gasteiger partial charge in [-0.25, -0.2) is 0 Å². The Morgan fingerprint density at radius 2 is 2.05 bits per heavy atom. The second kappa shape index (κ2) is 6.18. The van der Waals surface area contributed by atoms with Gasteiger partial charge in [-0.2, -0.15) is 5.10 Å². The van der Waals surface area contributed by atoms with Crippen LogP contribution in [0.4, 0.5) is 5.69 Å². The number of nitrogens with one attached hydrogen (secondary N) is 1. The molecular weight excluding hydrogens is 238 g/mol. The van der Waals surface area contributed by atoms with Gasteiger partial charge in [-0.1, -0.05) is 19.1 Å². The molecule has 2 aromatic rings. The van der Waals surface area contributed by atoms with E-state index < -0.39 is 0 Å². The first kappa shape index (κ1) is 13.3. The molecule has 1 N–H and O–H groups in total. The standard InChI is InChI=1S/C15H19N3O/c1-3-13-4-6-14(7-5-13)17-15(19)8-9-18-11-12(2)10-16-18/h4-7,10-11H,3,8-9H2,1-2H3,(H,17,19). The number of aryl methyl sites for hydroxylation is 3. The first-order valence-electron chi connectivity index (χ1n) is 6.55. The normalized spacial score (nSPS) is 10.4. The van der Waals surface area contributed by atoms with Crippen molar-refractivity contribution in [1.29, 1.82) is 0 Å². The van der Waals surface area contributed by atoms with Crippen LogP contribution in [0.2, 0.25) is 0 Å². The quantitative estimate of drug-likeness (QED) is 0.895. The van der Waals surface area contributed by atoms with Crippen molar-refractivity contribution in [2.45, 2.75) is 33.2 Å². The zero-order valence-electron chi connectivity index (χ0n) is 11.4. The molecule has 1 aromatic heterocycles. The number of aromatic nitrogens is 2. The van der Waals surface area contributed by atoms with E-state index in [1.807, 2.05) is 37.4 Å². The lowest BCUT2D eigenvalue weighted by Gasteiger charge is -2.06.